The first-order valence-electron chi connectivity index (χ1n) is 5.65. The lowest BCUT2D eigenvalue weighted by Crippen LogP contribution is -2.36. The normalized spacial score (nSPS) is 13.6. The van der Waals surface area contributed by atoms with Crippen molar-refractivity contribution < 1.29 is 14.7 Å². The Morgan fingerprint density at radius 3 is 3.12 bits per heavy atom. The predicted octanol–water partition coefficient (Wildman–Crippen LogP) is 0.0892. The number of nitrogens with zero attached hydrogens (tertiary/aromatic N) is 1. The van der Waals surface area contributed by atoms with Crippen LogP contribution >= 0.6 is 0 Å². The van der Waals surface area contributed by atoms with E-state index in [9.17, 15) is 4.79 Å². The number of nitrogens with one attached hydrogen (secondary N) is 1. The Kier molecular flexibility index (Phi) is 3.95. The molecule has 2 rings (SSSR count). The second kappa shape index (κ2) is 5.65. The number of fused-ring (bicyclic) bond motifs is 1. The molecule has 0 aliphatic carbocycles. The largest absolute Gasteiger partial charge is 0.394 e. The summed E-state index contributed by atoms with van der Waals surface area (Å²) in [5.41, 5.74) is 4.69. The van der Waals surface area contributed by atoms with Gasteiger partial charge in [-0.3, -0.25) is 9.63 Å². The van der Waals surface area contributed by atoms with Gasteiger partial charge < -0.3 is 10.0 Å². The van der Waals surface area contributed by atoms with Crippen molar-refractivity contribution in [1.82, 2.24) is 5.48 Å². The quantitative estimate of drug-likeness (QED) is 0.562. The van der Waals surface area contributed by atoms with E-state index in [1.54, 1.807) is 0 Å². The number of carbonyl (C=O) groups is 1. The summed E-state index contributed by atoms with van der Waals surface area (Å²) in [5, 5.41) is 8.51. The van der Waals surface area contributed by atoms with E-state index in [0.29, 0.717) is 0 Å². The number of hydrogen-bond donors (Lipinski definition) is 2. The zero-order chi connectivity index (χ0) is 12.1. The van der Waals surface area contributed by atoms with Crippen molar-refractivity contribution in [3.05, 3.63) is 29.8 Å². The van der Waals surface area contributed by atoms with Gasteiger partial charge in [0.2, 0.25) is 0 Å². The number of rotatable bonds is 5. The van der Waals surface area contributed by atoms with E-state index in [2.05, 4.69) is 11.5 Å². The van der Waals surface area contributed by atoms with Crippen molar-refractivity contribution in [1.29, 1.82) is 0 Å². The third kappa shape index (κ3) is 2.95. The Bertz CT molecular complexity index is 395. The molecule has 5 heteroatoms. The van der Waals surface area contributed by atoms with Crippen molar-refractivity contribution in [2.45, 2.75) is 6.42 Å². The Morgan fingerprint density at radius 2 is 2.29 bits per heavy atom. The number of hydrogen-bond acceptors (Lipinski definition) is 4. The first kappa shape index (κ1) is 11.9. The van der Waals surface area contributed by atoms with E-state index in [-0.39, 0.29) is 25.7 Å². The summed E-state index contributed by atoms with van der Waals surface area (Å²) < 4.78 is 0. The number of amides is 1. The van der Waals surface area contributed by atoms with Crippen LogP contribution in [0.2, 0.25) is 0 Å². The van der Waals surface area contributed by atoms with Crippen LogP contribution in [0.25, 0.3) is 0 Å². The van der Waals surface area contributed by atoms with Crippen molar-refractivity contribution in [2.75, 3.05) is 31.2 Å². The number of aliphatic hydroxyl groups is 1. The first-order chi connectivity index (χ1) is 8.31. The molecule has 1 amide bonds. The molecule has 0 radical (unpaired) electrons. The molecule has 2 N–H and O–H groups in total. The molecule has 0 atom stereocenters. The van der Waals surface area contributed by atoms with Crippen LogP contribution in [-0.4, -0.2) is 37.3 Å². The van der Waals surface area contributed by atoms with Gasteiger partial charge in [0.15, 0.2) is 0 Å². The maximum absolute atomic E-state index is 11.5. The minimum absolute atomic E-state index is 0.104. The molecule has 0 bridgehead atoms. The molecule has 17 heavy (non-hydrogen) atoms. The Labute approximate surface area is 99.9 Å². The highest BCUT2D eigenvalue weighted by atomic mass is 16.7. The molecule has 1 aliphatic rings. The molecular weight excluding hydrogens is 220 g/mol. The standard InChI is InChI=1S/C12H16N2O3/c15-7-8-17-13-12(16)9-14-6-5-10-3-1-2-4-11(10)14/h1-4,15H,5-9H2,(H,13,16). The summed E-state index contributed by atoms with van der Waals surface area (Å²) in [6.07, 6.45) is 0.973. The highest BCUT2D eigenvalue weighted by molar-refractivity contribution is 5.81. The molecule has 92 valence electrons. The highest BCUT2D eigenvalue weighted by Crippen LogP contribution is 2.26. The van der Waals surface area contributed by atoms with Gasteiger partial charge in [0.25, 0.3) is 5.91 Å². The number of anilines is 1. The predicted molar refractivity (Wildman–Crippen MR) is 63.5 cm³/mol. The molecule has 1 aromatic carbocycles. The van der Waals surface area contributed by atoms with Crippen molar-refractivity contribution in [3.8, 4) is 0 Å². The number of aliphatic hydroxyl groups excluding tert-OH is 1. The van der Waals surface area contributed by atoms with Crippen molar-refractivity contribution in [3.63, 3.8) is 0 Å². The van der Waals surface area contributed by atoms with Crippen LogP contribution in [0.4, 0.5) is 5.69 Å². The fourth-order valence-corrected chi connectivity index (χ4v) is 1.95. The van der Waals surface area contributed by atoms with Crippen molar-refractivity contribution in [2.24, 2.45) is 0 Å². The molecule has 1 aliphatic heterocycles. The lowest BCUT2D eigenvalue weighted by Gasteiger charge is -2.18. The molecule has 0 aromatic heterocycles. The van der Waals surface area contributed by atoms with E-state index in [1.807, 2.05) is 23.1 Å². The SMILES string of the molecule is O=C(CN1CCc2ccccc21)NOCCO. The molecule has 0 saturated heterocycles. The second-order valence-corrected chi connectivity index (χ2v) is 3.90. The van der Waals surface area contributed by atoms with E-state index in [1.165, 1.54) is 5.56 Å². The third-order valence-electron chi connectivity index (χ3n) is 2.70. The van der Waals surface area contributed by atoms with Gasteiger partial charge in [0.1, 0.15) is 0 Å². The van der Waals surface area contributed by atoms with Crippen LogP contribution in [0.5, 0.6) is 0 Å². The van der Waals surface area contributed by atoms with Gasteiger partial charge in [-0.05, 0) is 18.1 Å². The fourth-order valence-electron chi connectivity index (χ4n) is 1.95. The lowest BCUT2D eigenvalue weighted by molar-refractivity contribution is -0.132. The molecule has 0 unspecified atom stereocenters. The molecular formula is C12H16N2O3. The zero-order valence-corrected chi connectivity index (χ0v) is 9.56. The van der Waals surface area contributed by atoms with Gasteiger partial charge in [-0.1, -0.05) is 18.2 Å². The van der Waals surface area contributed by atoms with Crippen LogP contribution in [0.1, 0.15) is 5.56 Å². The number of hydroxylamine groups is 1. The summed E-state index contributed by atoms with van der Waals surface area (Å²) >= 11 is 0. The second-order valence-electron chi connectivity index (χ2n) is 3.90. The van der Waals surface area contributed by atoms with Gasteiger partial charge >= 0.3 is 0 Å². The average molecular weight is 236 g/mol. The Hall–Kier alpha value is -1.59. The van der Waals surface area contributed by atoms with Gasteiger partial charge in [0.05, 0.1) is 19.8 Å². The van der Waals surface area contributed by atoms with E-state index in [0.717, 1.165) is 18.7 Å². The lowest BCUT2D eigenvalue weighted by atomic mass is 10.2. The zero-order valence-electron chi connectivity index (χ0n) is 9.56. The van der Waals surface area contributed by atoms with Gasteiger partial charge in [-0.15, -0.1) is 0 Å². The summed E-state index contributed by atoms with van der Waals surface area (Å²) in [7, 11) is 0. The van der Waals surface area contributed by atoms with Crippen LogP contribution in [0.15, 0.2) is 24.3 Å². The molecule has 0 spiro atoms. The maximum atomic E-state index is 11.5. The van der Waals surface area contributed by atoms with Gasteiger partial charge in [0, 0.05) is 12.2 Å². The third-order valence-corrected chi connectivity index (χ3v) is 2.70. The van der Waals surface area contributed by atoms with Crippen molar-refractivity contribution >= 4 is 11.6 Å². The van der Waals surface area contributed by atoms with E-state index < -0.39 is 0 Å². The van der Waals surface area contributed by atoms with E-state index in [4.69, 9.17) is 9.94 Å². The highest BCUT2D eigenvalue weighted by Gasteiger charge is 2.20. The van der Waals surface area contributed by atoms with Crippen LogP contribution in [0, 0.1) is 0 Å². The number of para-hydroxylation sites is 1. The summed E-state index contributed by atoms with van der Waals surface area (Å²) in [6.45, 7) is 1.14. The van der Waals surface area contributed by atoms with Crippen LogP contribution in [0.3, 0.4) is 0 Å². The monoisotopic (exact) mass is 236 g/mol. The van der Waals surface area contributed by atoms with Crippen LogP contribution < -0.4 is 10.4 Å². The number of carbonyl (C=O) groups excluding carboxylic acids is 1. The van der Waals surface area contributed by atoms with Gasteiger partial charge in [-0.2, -0.15) is 0 Å². The number of benzene rings is 1. The molecule has 1 heterocycles. The molecule has 0 fully saturated rings. The average Bonchev–Trinajstić information content (AvgIpc) is 2.73. The van der Waals surface area contributed by atoms with Gasteiger partial charge in [-0.25, -0.2) is 5.48 Å². The minimum atomic E-state index is -0.199. The summed E-state index contributed by atoms with van der Waals surface area (Å²) in [6, 6.07) is 8.07. The van der Waals surface area contributed by atoms with E-state index >= 15 is 0 Å². The summed E-state index contributed by atoms with van der Waals surface area (Å²) in [4.78, 5) is 18.3. The first-order valence-corrected chi connectivity index (χ1v) is 5.65. The fraction of sp³-hybridized carbons (Fsp3) is 0.417. The summed E-state index contributed by atoms with van der Waals surface area (Å²) in [5.74, 6) is -0.199. The molecule has 1 aromatic rings. The molecule has 5 nitrogen and oxygen atoms in total. The Morgan fingerprint density at radius 1 is 1.47 bits per heavy atom. The smallest absolute Gasteiger partial charge is 0.263 e. The topological polar surface area (TPSA) is 61.8 Å². The minimum Gasteiger partial charge on any atom is -0.394 e. The maximum Gasteiger partial charge on any atom is 0.263 e. The van der Waals surface area contributed by atoms with Crippen LogP contribution in [-0.2, 0) is 16.1 Å². The molecule has 0 saturated carbocycles. The Balaban J connectivity index is 1.87.